The molecule has 2 aromatic rings. The van der Waals surface area contributed by atoms with Gasteiger partial charge in [-0.1, -0.05) is 18.2 Å². The number of nitrogens with zero attached hydrogens (tertiary/aromatic N) is 4. The molecule has 7 nitrogen and oxygen atoms in total. The van der Waals surface area contributed by atoms with Crippen LogP contribution in [0, 0.1) is 17.2 Å². The fourth-order valence-corrected chi connectivity index (χ4v) is 7.31. The maximum atomic E-state index is 13.9. The van der Waals surface area contributed by atoms with Gasteiger partial charge in [0.15, 0.2) is 0 Å². The van der Waals surface area contributed by atoms with Gasteiger partial charge in [0.05, 0.1) is 28.3 Å². The molecule has 3 fully saturated rings. The lowest BCUT2D eigenvalue weighted by Crippen LogP contribution is -2.58. The number of piperidine rings is 1. The van der Waals surface area contributed by atoms with E-state index in [0.717, 1.165) is 18.5 Å². The Morgan fingerprint density at radius 2 is 2.19 bits per heavy atom. The molecule has 4 atom stereocenters. The van der Waals surface area contributed by atoms with Gasteiger partial charge in [-0.2, -0.15) is 9.57 Å². The highest BCUT2D eigenvalue weighted by atomic mass is 32.2. The summed E-state index contributed by atoms with van der Waals surface area (Å²) in [5.41, 5.74) is 0.309. The largest absolute Gasteiger partial charge is 0.339 e. The third-order valence-corrected chi connectivity index (χ3v) is 8.58. The topological polar surface area (TPSA) is 86.5 Å². The predicted octanol–water partition coefficient (Wildman–Crippen LogP) is 2.87. The van der Waals surface area contributed by atoms with Crippen LogP contribution in [-0.2, 0) is 21.3 Å². The van der Waals surface area contributed by atoms with Crippen LogP contribution in [-0.4, -0.2) is 47.1 Å². The average molecular weight is 437 g/mol. The van der Waals surface area contributed by atoms with Gasteiger partial charge in [-0.15, -0.1) is 6.58 Å². The fraction of sp³-hybridized carbons (Fsp3) is 0.391. The van der Waals surface area contributed by atoms with Gasteiger partial charge < -0.3 is 4.74 Å². The van der Waals surface area contributed by atoms with Crippen molar-refractivity contribution in [3.05, 3.63) is 72.6 Å². The van der Waals surface area contributed by atoms with E-state index < -0.39 is 15.7 Å². The fourth-order valence-electron chi connectivity index (χ4n) is 5.32. The first-order valence-electron chi connectivity index (χ1n) is 10.5. The van der Waals surface area contributed by atoms with Gasteiger partial charge in [0, 0.05) is 25.2 Å². The monoisotopic (exact) mass is 436 g/mol. The lowest BCUT2D eigenvalue weighted by molar-refractivity contribution is -0.193. The number of hydrogen-bond donors (Lipinski definition) is 0. The van der Waals surface area contributed by atoms with E-state index in [2.05, 4.69) is 16.5 Å². The molecule has 0 amide bonds. The minimum Gasteiger partial charge on any atom is -0.339 e. The third-order valence-electron chi connectivity index (χ3n) is 6.63. The summed E-state index contributed by atoms with van der Waals surface area (Å²) in [5, 5.41) is 9.25. The second-order valence-corrected chi connectivity index (χ2v) is 10.2. The van der Waals surface area contributed by atoms with Crippen molar-refractivity contribution >= 4 is 10.0 Å². The molecule has 160 valence electrons. The van der Waals surface area contributed by atoms with E-state index in [1.165, 1.54) is 6.07 Å². The van der Waals surface area contributed by atoms with Gasteiger partial charge in [-0.25, -0.2) is 8.42 Å². The van der Waals surface area contributed by atoms with E-state index in [4.69, 9.17) is 4.74 Å². The van der Waals surface area contributed by atoms with E-state index in [-0.39, 0.29) is 23.1 Å². The van der Waals surface area contributed by atoms with Crippen LogP contribution in [0.25, 0.3) is 0 Å². The van der Waals surface area contributed by atoms with E-state index >= 15 is 0 Å². The SMILES string of the molecule is C=C[C@@H]1CN(Cc2ccccn2)C2O[C@]13CCC[C@@H]2N3S(=O)(=O)c1cccc(C#N)c1. The molecule has 0 radical (unpaired) electrons. The molecule has 1 unspecified atom stereocenters. The van der Waals surface area contributed by atoms with Crippen molar-refractivity contribution in [1.82, 2.24) is 14.2 Å². The number of sulfonamides is 1. The van der Waals surface area contributed by atoms with Gasteiger partial charge >= 0.3 is 0 Å². The first-order valence-corrected chi connectivity index (χ1v) is 11.9. The average Bonchev–Trinajstić information content (AvgIpc) is 2.98. The zero-order valence-electron chi connectivity index (χ0n) is 17.1. The number of fused-ring (bicyclic) bond motifs is 3. The summed E-state index contributed by atoms with van der Waals surface area (Å²) in [6.45, 7) is 5.26. The van der Waals surface area contributed by atoms with E-state index in [1.807, 2.05) is 30.3 Å². The van der Waals surface area contributed by atoms with Crippen LogP contribution in [0.2, 0.25) is 0 Å². The maximum absolute atomic E-state index is 13.9. The molecule has 0 aliphatic carbocycles. The molecule has 3 aliphatic rings. The van der Waals surface area contributed by atoms with Gasteiger partial charge in [0.25, 0.3) is 0 Å². The van der Waals surface area contributed by atoms with Crippen LogP contribution in [0.15, 0.2) is 66.2 Å². The zero-order chi connectivity index (χ0) is 21.6. The van der Waals surface area contributed by atoms with Crippen LogP contribution in [0.3, 0.4) is 0 Å². The van der Waals surface area contributed by atoms with Crippen molar-refractivity contribution in [2.45, 2.75) is 48.7 Å². The van der Waals surface area contributed by atoms with Gasteiger partial charge in [-0.3, -0.25) is 9.88 Å². The van der Waals surface area contributed by atoms with E-state index in [0.29, 0.717) is 25.1 Å². The van der Waals surface area contributed by atoms with Crippen molar-refractivity contribution in [3.8, 4) is 6.07 Å². The molecule has 1 aromatic heterocycles. The minimum atomic E-state index is -3.87. The minimum absolute atomic E-state index is 0.132. The smallest absolute Gasteiger partial charge is 0.245 e. The maximum Gasteiger partial charge on any atom is 0.245 e. The summed E-state index contributed by atoms with van der Waals surface area (Å²) < 4.78 is 35.9. The highest BCUT2D eigenvalue weighted by molar-refractivity contribution is 7.89. The quantitative estimate of drug-likeness (QED) is 0.670. The van der Waals surface area contributed by atoms with Gasteiger partial charge in [-0.05, 0) is 49.6 Å². The normalized spacial score (nSPS) is 30.6. The number of hydrogen-bond acceptors (Lipinski definition) is 6. The molecule has 0 saturated carbocycles. The molecule has 0 N–H and O–H groups in total. The summed E-state index contributed by atoms with van der Waals surface area (Å²) in [7, 11) is -3.87. The Morgan fingerprint density at radius 1 is 1.32 bits per heavy atom. The molecular weight excluding hydrogens is 412 g/mol. The summed E-state index contributed by atoms with van der Waals surface area (Å²) in [5.74, 6) is -0.174. The molecule has 4 heterocycles. The van der Waals surface area contributed by atoms with Crippen molar-refractivity contribution in [2.75, 3.05) is 6.54 Å². The second-order valence-electron chi connectivity index (χ2n) is 8.35. The Balaban J connectivity index is 1.57. The highest BCUT2D eigenvalue weighted by Crippen LogP contribution is 2.54. The Bertz CT molecular complexity index is 1150. The Labute approximate surface area is 182 Å². The second kappa shape index (κ2) is 7.53. The van der Waals surface area contributed by atoms with Gasteiger partial charge in [0.1, 0.15) is 12.0 Å². The van der Waals surface area contributed by atoms with E-state index in [1.54, 1.807) is 28.7 Å². The highest BCUT2D eigenvalue weighted by Gasteiger charge is 2.66. The standard InChI is InChI=1S/C23H24N4O3S/c1-2-18-15-26(16-19-8-3-4-12-25-19)22-21-10-6-11-23(18,30-22)27(21)31(28,29)20-9-5-7-17(13-20)14-24/h2-5,7-9,12-13,18,21-22H,1,6,10-11,15-16H2/t18-,21+,22?,23-/m1/s1. The molecule has 8 heteroatoms. The van der Waals surface area contributed by atoms with Crippen LogP contribution in [0.1, 0.15) is 30.5 Å². The number of aromatic nitrogens is 1. The number of benzene rings is 1. The zero-order valence-corrected chi connectivity index (χ0v) is 17.9. The van der Waals surface area contributed by atoms with E-state index in [9.17, 15) is 13.7 Å². The summed E-state index contributed by atoms with van der Waals surface area (Å²) >= 11 is 0. The molecule has 5 rings (SSSR count). The number of rotatable bonds is 5. The van der Waals surface area contributed by atoms with Crippen molar-refractivity contribution in [3.63, 3.8) is 0 Å². The summed E-state index contributed by atoms with van der Waals surface area (Å²) in [6.07, 6.45) is 5.50. The number of nitriles is 1. The lowest BCUT2D eigenvalue weighted by atomic mass is 9.87. The molecule has 31 heavy (non-hydrogen) atoms. The lowest BCUT2D eigenvalue weighted by Gasteiger charge is -2.47. The van der Waals surface area contributed by atoms with Gasteiger partial charge in [0.2, 0.25) is 10.0 Å². The molecule has 3 bridgehead atoms. The Morgan fingerprint density at radius 3 is 2.94 bits per heavy atom. The third kappa shape index (κ3) is 3.12. The first-order chi connectivity index (χ1) is 15.0. The van der Waals surface area contributed by atoms with Crippen LogP contribution in [0.4, 0.5) is 0 Å². The molecule has 1 spiro atoms. The molecule has 1 aromatic carbocycles. The Kier molecular flexibility index (Phi) is 4.94. The molecular formula is C23H24N4O3S. The van der Waals surface area contributed by atoms with Crippen molar-refractivity contribution in [1.29, 1.82) is 5.26 Å². The summed E-state index contributed by atoms with van der Waals surface area (Å²) in [6, 6.07) is 13.8. The Hall–Kier alpha value is -2.57. The number of pyridine rings is 1. The van der Waals surface area contributed by atoms with Crippen molar-refractivity contribution < 1.29 is 13.2 Å². The number of ether oxygens (including phenoxy) is 1. The first kappa shape index (κ1) is 20.3. The molecule has 3 saturated heterocycles. The predicted molar refractivity (Wildman–Crippen MR) is 114 cm³/mol. The van der Waals surface area contributed by atoms with Crippen molar-refractivity contribution in [2.24, 2.45) is 5.92 Å². The summed E-state index contributed by atoms with van der Waals surface area (Å²) in [4.78, 5) is 6.76. The molecule has 3 aliphatic heterocycles. The van der Waals surface area contributed by atoms with Crippen LogP contribution >= 0.6 is 0 Å². The van der Waals surface area contributed by atoms with Crippen LogP contribution < -0.4 is 0 Å². The van der Waals surface area contributed by atoms with Crippen LogP contribution in [0.5, 0.6) is 0 Å².